The Morgan fingerprint density at radius 1 is 1.14 bits per heavy atom. The van der Waals surface area contributed by atoms with E-state index in [4.69, 9.17) is 21.1 Å². The lowest BCUT2D eigenvalue weighted by Gasteiger charge is -2.13. The second-order valence-corrected chi connectivity index (χ2v) is 5.59. The normalized spacial score (nSPS) is 16.1. The molecule has 1 heterocycles. The van der Waals surface area contributed by atoms with Crippen LogP contribution in [0.2, 0.25) is 5.02 Å². The van der Waals surface area contributed by atoms with Crippen molar-refractivity contribution < 1.29 is 14.3 Å². The number of hydrogen-bond donors (Lipinski definition) is 1. The highest BCUT2D eigenvalue weighted by molar-refractivity contribution is 6.31. The van der Waals surface area contributed by atoms with Crippen LogP contribution in [0.4, 0.5) is 5.69 Å². The number of carbonyl (C=O) groups is 1. The summed E-state index contributed by atoms with van der Waals surface area (Å²) >= 11 is 5.97. The maximum absolute atomic E-state index is 12.2. The topological polar surface area (TPSA) is 47.6 Å². The fourth-order valence-corrected chi connectivity index (χ4v) is 2.92. The van der Waals surface area contributed by atoms with E-state index in [0.29, 0.717) is 11.4 Å². The maximum Gasteiger partial charge on any atom is 0.232 e. The molecule has 1 atom stereocenters. The molecular weight excluding hydrogens is 302 g/mol. The molecule has 0 aliphatic carbocycles. The highest BCUT2D eigenvalue weighted by Gasteiger charge is 2.31. The summed E-state index contributed by atoms with van der Waals surface area (Å²) in [4.78, 5) is 12.2. The van der Waals surface area contributed by atoms with Gasteiger partial charge in [0.05, 0.1) is 20.1 Å². The molecule has 0 spiro atoms. The van der Waals surface area contributed by atoms with Gasteiger partial charge < -0.3 is 14.8 Å². The predicted molar refractivity (Wildman–Crippen MR) is 86.1 cm³/mol. The van der Waals surface area contributed by atoms with Crippen molar-refractivity contribution in [3.8, 4) is 11.5 Å². The van der Waals surface area contributed by atoms with E-state index in [1.165, 1.54) is 0 Å². The molecule has 22 heavy (non-hydrogen) atoms. The van der Waals surface area contributed by atoms with Crippen LogP contribution < -0.4 is 14.8 Å². The van der Waals surface area contributed by atoms with E-state index in [2.05, 4.69) is 5.32 Å². The summed E-state index contributed by atoms with van der Waals surface area (Å²) in [6.07, 6.45) is 0.563. The van der Waals surface area contributed by atoms with Crippen LogP contribution in [0.5, 0.6) is 11.5 Å². The maximum atomic E-state index is 12.2. The first-order valence-electron chi connectivity index (χ1n) is 6.93. The van der Waals surface area contributed by atoms with Crippen molar-refractivity contribution in [3.05, 3.63) is 52.5 Å². The quantitative estimate of drug-likeness (QED) is 0.936. The SMILES string of the molecule is COc1ccc(CC2C(=O)Nc3cc(Cl)ccc32)c(OC)c1. The standard InChI is InChI=1S/C17H16ClNO3/c1-21-12-5-3-10(16(9-12)22-2)7-14-13-6-4-11(18)8-15(13)19-17(14)20/h3-6,8-9,14H,7H2,1-2H3,(H,19,20). The number of halogens is 1. The van der Waals surface area contributed by atoms with Crippen molar-refractivity contribution >= 4 is 23.2 Å². The van der Waals surface area contributed by atoms with Crippen LogP contribution in [0.1, 0.15) is 17.0 Å². The van der Waals surface area contributed by atoms with Gasteiger partial charge in [0.25, 0.3) is 0 Å². The van der Waals surface area contributed by atoms with Gasteiger partial charge in [-0.1, -0.05) is 23.7 Å². The largest absolute Gasteiger partial charge is 0.497 e. The third-order valence-corrected chi connectivity index (χ3v) is 4.12. The molecule has 0 fully saturated rings. The Balaban J connectivity index is 1.92. The number of ether oxygens (including phenoxy) is 2. The summed E-state index contributed by atoms with van der Waals surface area (Å²) < 4.78 is 10.6. The fourth-order valence-electron chi connectivity index (χ4n) is 2.74. The van der Waals surface area contributed by atoms with Crippen LogP contribution in [0.25, 0.3) is 0 Å². The molecule has 2 aromatic rings. The van der Waals surface area contributed by atoms with Crippen LogP contribution in [0.15, 0.2) is 36.4 Å². The third kappa shape index (κ3) is 2.62. The first kappa shape index (κ1) is 14.7. The molecule has 1 aliphatic heterocycles. The Morgan fingerprint density at radius 3 is 2.68 bits per heavy atom. The van der Waals surface area contributed by atoms with Crippen molar-refractivity contribution in [2.45, 2.75) is 12.3 Å². The zero-order valence-electron chi connectivity index (χ0n) is 12.4. The molecule has 1 N–H and O–H groups in total. The molecule has 2 aromatic carbocycles. The van der Waals surface area contributed by atoms with E-state index in [1.807, 2.05) is 24.3 Å². The van der Waals surface area contributed by atoms with Gasteiger partial charge in [0.1, 0.15) is 11.5 Å². The minimum atomic E-state index is -0.241. The summed E-state index contributed by atoms with van der Waals surface area (Å²) in [5.41, 5.74) is 2.72. The third-order valence-electron chi connectivity index (χ3n) is 3.88. The molecule has 1 amide bonds. The van der Waals surface area contributed by atoms with Gasteiger partial charge >= 0.3 is 0 Å². The Kier molecular flexibility index (Phi) is 3.94. The van der Waals surface area contributed by atoms with Gasteiger partial charge in [-0.25, -0.2) is 0 Å². The highest BCUT2D eigenvalue weighted by Crippen LogP contribution is 2.38. The number of benzene rings is 2. The van der Waals surface area contributed by atoms with Crippen LogP contribution in [-0.2, 0) is 11.2 Å². The average molecular weight is 318 g/mol. The highest BCUT2D eigenvalue weighted by atomic mass is 35.5. The fraction of sp³-hybridized carbons (Fsp3) is 0.235. The van der Waals surface area contributed by atoms with Crippen molar-refractivity contribution in [2.75, 3.05) is 19.5 Å². The first-order chi connectivity index (χ1) is 10.6. The summed E-state index contributed by atoms with van der Waals surface area (Å²) in [5.74, 6) is 1.18. The molecule has 114 valence electrons. The zero-order valence-corrected chi connectivity index (χ0v) is 13.1. The number of hydrogen-bond acceptors (Lipinski definition) is 3. The monoisotopic (exact) mass is 317 g/mol. The molecular formula is C17H16ClNO3. The summed E-state index contributed by atoms with van der Waals surface area (Å²) in [5, 5.41) is 3.49. The lowest BCUT2D eigenvalue weighted by atomic mass is 9.92. The summed E-state index contributed by atoms with van der Waals surface area (Å²) in [6.45, 7) is 0. The summed E-state index contributed by atoms with van der Waals surface area (Å²) in [7, 11) is 3.22. The molecule has 0 bridgehead atoms. The Bertz CT molecular complexity index is 730. The number of methoxy groups -OCH3 is 2. The Hall–Kier alpha value is -2.20. The number of nitrogens with one attached hydrogen (secondary N) is 1. The number of carbonyl (C=O) groups excluding carboxylic acids is 1. The molecule has 1 unspecified atom stereocenters. The second kappa shape index (κ2) is 5.89. The molecule has 0 saturated heterocycles. The van der Waals surface area contributed by atoms with Gasteiger partial charge in [0, 0.05) is 16.8 Å². The van der Waals surface area contributed by atoms with E-state index in [1.54, 1.807) is 26.4 Å². The molecule has 1 aliphatic rings. The average Bonchev–Trinajstić information content (AvgIpc) is 2.82. The molecule has 4 nitrogen and oxygen atoms in total. The van der Waals surface area contributed by atoms with Crippen LogP contribution in [0.3, 0.4) is 0 Å². The van der Waals surface area contributed by atoms with Gasteiger partial charge in [-0.05, 0) is 35.7 Å². The molecule has 0 saturated carbocycles. The molecule has 5 heteroatoms. The summed E-state index contributed by atoms with van der Waals surface area (Å²) in [6, 6.07) is 11.1. The van der Waals surface area contributed by atoms with Gasteiger partial charge in [0.2, 0.25) is 5.91 Å². The van der Waals surface area contributed by atoms with Crippen molar-refractivity contribution in [2.24, 2.45) is 0 Å². The van der Waals surface area contributed by atoms with Gasteiger partial charge in [-0.3, -0.25) is 4.79 Å². The lowest BCUT2D eigenvalue weighted by molar-refractivity contribution is -0.117. The van der Waals surface area contributed by atoms with E-state index in [9.17, 15) is 4.79 Å². The van der Waals surface area contributed by atoms with E-state index in [-0.39, 0.29) is 11.8 Å². The zero-order chi connectivity index (χ0) is 15.7. The molecule has 0 aromatic heterocycles. The van der Waals surface area contributed by atoms with E-state index >= 15 is 0 Å². The Morgan fingerprint density at radius 2 is 1.95 bits per heavy atom. The number of fused-ring (bicyclic) bond motifs is 1. The minimum Gasteiger partial charge on any atom is -0.497 e. The van der Waals surface area contributed by atoms with E-state index < -0.39 is 0 Å². The van der Waals surface area contributed by atoms with Crippen molar-refractivity contribution in [3.63, 3.8) is 0 Å². The first-order valence-corrected chi connectivity index (χ1v) is 7.31. The van der Waals surface area contributed by atoms with Crippen LogP contribution in [0, 0.1) is 0 Å². The van der Waals surface area contributed by atoms with Crippen LogP contribution >= 0.6 is 11.6 Å². The van der Waals surface area contributed by atoms with Gasteiger partial charge in [-0.15, -0.1) is 0 Å². The minimum absolute atomic E-state index is 0.0184. The van der Waals surface area contributed by atoms with Gasteiger partial charge in [-0.2, -0.15) is 0 Å². The van der Waals surface area contributed by atoms with Crippen molar-refractivity contribution in [1.82, 2.24) is 0 Å². The number of rotatable bonds is 4. The van der Waals surface area contributed by atoms with Crippen molar-refractivity contribution in [1.29, 1.82) is 0 Å². The number of anilines is 1. The Labute approximate surface area is 134 Å². The smallest absolute Gasteiger partial charge is 0.232 e. The second-order valence-electron chi connectivity index (χ2n) is 5.16. The lowest BCUT2D eigenvalue weighted by Crippen LogP contribution is -2.14. The van der Waals surface area contributed by atoms with Gasteiger partial charge in [0.15, 0.2) is 0 Å². The van der Waals surface area contributed by atoms with E-state index in [0.717, 1.165) is 28.3 Å². The van der Waals surface area contributed by atoms with Crippen LogP contribution in [-0.4, -0.2) is 20.1 Å². The number of amides is 1. The predicted octanol–water partition coefficient (Wildman–Crippen LogP) is 3.64. The molecule has 3 rings (SSSR count). The molecule has 0 radical (unpaired) electrons.